The fourth-order valence-electron chi connectivity index (χ4n) is 3.62. The third-order valence-corrected chi connectivity index (χ3v) is 5.17. The number of ketones is 1. The van der Waals surface area contributed by atoms with Gasteiger partial charge >= 0.3 is 0 Å². The molecule has 3 aromatic rings. The predicted molar refractivity (Wildman–Crippen MR) is 130 cm³/mol. The summed E-state index contributed by atoms with van der Waals surface area (Å²) in [5.41, 5.74) is 14.4. The fourth-order valence-corrected chi connectivity index (χ4v) is 3.62. The Labute approximate surface area is 198 Å². The first-order valence-electron chi connectivity index (χ1n) is 10.3. The molecule has 0 spiro atoms. The van der Waals surface area contributed by atoms with Crippen LogP contribution < -0.4 is 16.2 Å². The average Bonchev–Trinajstić information content (AvgIpc) is 3.20. The van der Waals surface area contributed by atoms with E-state index in [0.717, 1.165) is 5.56 Å². The predicted octanol–water partition coefficient (Wildman–Crippen LogP) is 4.46. The van der Waals surface area contributed by atoms with E-state index >= 15 is 0 Å². The SMILES string of the molecule is Cl.Nc1cc(N)cc(OC(CN2C=CN(CC(=O)c3ccc(F)cc3)C2)c2ccccc2)c1. The number of nitrogens with zero attached hydrogens (tertiary/aromatic N) is 2. The molecule has 4 N–H and O–H groups in total. The summed E-state index contributed by atoms with van der Waals surface area (Å²) in [6.45, 7) is 1.32. The number of carbonyl (C=O) groups is 1. The van der Waals surface area contributed by atoms with Gasteiger partial charge in [0.15, 0.2) is 5.78 Å². The van der Waals surface area contributed by atoms with Crippen LogP contribution in [0.25, 0.3) is 0 Å². The first-order chi connectivity index (χ1) is 15.5. The van der Waals surface area contributed by atoms with Gasteiger partial charge < -0.3 is 26.0 Å². The topological polar surface area (TPSA) is 84.8 Å². The number of carbonyl (C=O) groups excluding carboxylic acids is 1. The number of rotatable bonds is 8. The van der Waals surface area contributed by atoms with E-state index in [9.17, 15) is 9.18 Å². The maximum atomic E-state index is 13.1. The molecule has 1 aliphatic heterocycles. The molecule has 4 rings (SSSR count). The van der Waals surface area contributed by atoms with Crippen molar-refractivity contribution in [2.24, 2.45) is 0 Å². The number of halogens is 2. The highest BCUT2D eigenvalue weighted by molar-refractivity contribution is 5.97. The quantitative estimate of drug-likeness (QED) is 0.375. The van der Waals surface area contributed by atoms with Gasteiger partial charge in [-0.3, -0.25) is 4.79 Å². The Kier molecular flexibility index (Phi) is 7.79. The second kappa shape index (κ2) is 10.7. The van der Waals surface area contributed by atoms with Crippen LogP contribution in [-0.4, -0.2) is 35.3 Å². The summed E-state index contributed by atoms with van der Waals surface area (Å²) >= 11 is 0. The summed E-state index contributed by atoms with van der Waals surface area (Å²) in [7, 11) is 0. The molecule has 0 fully saturated rings. The van der Waals surface area contributed by atoms with Crippen molar-refractivity contribution < 1.29 is 13.9 Å². The normalized spacial score (nSPS) is 13.5. The van der Waals surface area contributed by atoms with Crippen molar-refractivity contribution in [2.45, 2.75) is 6.10 Å². The molecule has 6 nitrogen and oxygen atoms in total. The van der Waals surface area contributed by atoms with E-state index in [1.807, 2.05) is 47.6 Å². The van der Waals surface area contributed by atoms with E-state index in [1.54, 1.807) is 18.2 Å². The largest absolute Gasteiger partial charge is 0.484 e. The van der Waals surface area contributed by atoms with Crippen LogP contribution in [0.3, 0.4) is 0 Å². The van der Waals surface area contributed by atoms with Crippen molar-refractivity contribution in [1.82, 2.24) is 9.80 Å². The van der Waals surface area contributed by atoms with Crippen LogP contribution in [0.2, 0.25) is 0 Å². The van der Waals surface area contributed by atoms with Gasteiger partial charge in [0, 0.05) is 41.5 Å². The highest BCUT2D eigenvalue weighted by atomic mass is 35.5. The van der Waals surface area contributed by atoms with Crippen molar-refractivity contribution in [3.05, 3.63) is 102 Å². The molecule has 0 saturated carbocycles. The second-order valence-corrected chi connectivity index (χ2v) is 7.74. The Balaban J connectivity index is 0.00000306. The summed E-state index contributed by atoms with van der Waals surface area (Å²) < 4.78 is 19.4. The number of Topliss-reactive ketones (excluding diaryl/α,β-unsaturated/α-hetero) is 1. The Bertz CT molecular complexity index is 1090. The summed E-state index contributed by atoms with van der Waals surface area (Å²) in [6, 6.07) is 20.7. The average molecular weight is 469 g/mol. The molecule has 3 aromatic carbocycles. The van der Waals surface area contributed by atoms with Gasteiger partial charge in [-0.1, -0.05) is 30.3 Å². The zero-order chi connectivity index (χ0) is 22.5. The highest BCUT2D eigenvalue weighted by Crippen LogP contribution is 2.27. The lowest BCUT2D eigenvalue weighted by molar-refractivity contribution is 0.0933. The highest BCUT2D eigenvalue weighted by Gasteiger charge is 2.22. The minimum atomic E-state index is -0.359. The molecule has 0 aromatic heterocycles. The lowest BCUT2D eigenvalue weighted by atomic mass is 10.1. The number of nitrogens with two attached hydrogens (primary N) is 2. The van der Waals surface area contributed by atoms with Gasteiger partial charge in [0.05, 0.1) is 19.8 Å². The van der Waals surface area contributed by atoms with Crippen LogP contribution in [-0.2, 0) is 0 Å². The monoisotopic (exact) mass is 468 g/mol. The van der Waals surface area contributed by atoms with E-state index in [0.29, 0.717) is 35.9 Å². The minimum Gasteiger partial charge on any atom is -0.484 e. The molecule has 1 atom stereocenters. The van der Waals surface area contributed by atoms with Gasteiger partial charge in [-0.05, 0) is 35.9 Å². The Morgan fingerprint density at radius 1 is 0.939 bits per heavy atom. The van der Waals surface area contributed by atoms with Crippen LogP contribution in [0, 0.1) is 5.82 Å². The number of hydrogen-bond acceptors (Lipinski definition) is 6. The molecule has 0 bridgehead atoms. The van der Waals surface area contributed by atoms with Crippen molar-refractivity contribution in [2.75, 3.05) is 31.2 Å². The van der Waals surface area contributed by atoms with Gasteiger partial charge in [-0.25, -0.2) is 4.39 Å². The molecule has 0 amide bonds. The van der Waals surface area contributed by atoms with E-state index in [2.05, 4.69) is 4.90 Å². The molecule has 172 valence electrons. The standard InChI is InChI=1S/C25H25FN4O2.ClH/c26-20-8-6-18(7-9-20)24(31)15-29-10-11-30(17-29)16-25(19-4-2-1-3-5-19)32-23-13-21(27)12-22(28)14-23;/h1-14,25H,15-17,27-28H2;1H. The number of benzene rings is 3. The summed E-state index contributed by atoms with van der Waals surface area (Å²) in [6.07, 6.45) is 3.54. The van der Waals surface area contributed by atoms with Gasteiger partial charge in [-0.15, -0.1) is 12.4 Å². The van der Waals surface area contributed by atoms with Crippen LogP contribution in [0.15, 0.2) is 85.2 Å². The van der Waals surface area contributed by atoms with E-state index in [1.165, 1.54) is 24.3 Å². The van der Waals surface area contributed by atoms with Crippen LogP contribution in [0.1, 0.15) is 22.0 Å². The van der Waals surface area contributed by atoms with Crippen LogP contribution in [0.4, 0.5) is 15.8 Å². The van der Waals surface area contributed by atoms with Gasteiger partial charge in [-0.2, -0.15) is 0 Å². The molecule has 1 aliphatic rings. The van der Waals surface area contributed by atoms with Crippen LogP contribution >= 0.6 is 12.4 Å². The third-order valence-electron chi connectivity index (χ3n) is 5.17. The molecule has 0 aliphatic carbocycles. The molecule has 0 saturated heterocycles. The van der Waals surface area contributed by atoms with Gasteiger partial charge in [0.25, 0.3) is 0 Å². The minimum absolute atomic E-state index is 0. The second-order valence-electron chi connectivity index (χ2n) is 7.74. The van der Waals surface area contributed by atoms with Crippen molar-refractivity contribution in [3.63, 3.8) is 0 Å². The molecule has 33 heavy (non-hydrogen) atoms. The Morgan fingerprint density at radius 2 is 1.58 bits per heavy atom. The van der Waals surface area contributed by atoms with E-state index < -0.39 is 0 Å². The van der Waals surface area contributed by atoms with Crippen molar-refractivity contribution >= 4 is 29.6 Å². The summed E-state index contributed by atoms with van der Waals surface area (Å²) in [5, 5.41) is 0. The van der Waals surface area contributed by atoms with Crippen molar-refractivity contribution in [3.8, 4) is 5.75 Å². The number of nitrogen functional groups attached to an aromatic ring is 2. The molecular formula is C25H26ClFN4O2. The third kappa shape index (κ3) is 6.40. The first-order valence-corrected chi connectivity index (χ1v) is 10.3. The first kappa shape index (κ1) is 23.9. The summed E-state index contributed by atoms with van der Waals surface area (Å²) in [4.78, 5) is 16.5. The lowest BCUT2D eigenvalue weighted by Crippen LogP contribution is -2.33. The number of ether oxygens (including phenoxy) is 1. The van der Waals surface area contributed by atoms with Gasteiger partial charge in [0.2, 0.25) is 0 Å². The fraction of sp³-hybridized carbons (Fsp3) is 0.160. The number of anilines is 2. The zero-order valence-electron chi connectivity index (χ0n) is 17.9. The van der Waals surface area contributed by atoms with E-state index in [4.69, 9.17) is 16.2 Å². The lowest BCUT2D eigenvalue weighted by Gasteiger charge is -2.27. The smallest absolute Gasteiger partial charge is 0.182 e. The Hall–Kier alpha value is -3.71. The number of hydrogen-bond donors (Lipinski definition) is 2. The van der Waals surface area contributed by atoms with Crippen molar-refractivity contribution in [1.29, 1.82) is 0 Å². The molecule has 0 radical (unpaired) electrons. The zero-order valence-corrected chi connectivity index (χ0v) is 18.7. The molecule has 1 unspecified atom stereocenters. The summed E-state index contributed by atoms with van der Waals surface area (Å²) in [5.74, 6) is 0.174. The van der Waals surface area contributed by atoms with E-state index in [-0.39, 0.29) is 36.7 Å². The molecule has 8 heteroatoms. The maximum Gasteiger partial charge on any atom is 0.182 e. The molecule has 1 heterocycles. The maximum absolute atomic E-state index is 13.1. The van der Waals surface area contributed by atoms with Crippen LogP contribution in [0.5, 0.6) is 5.75 Å². The van der Waals surface area contributed by atoms with Gasteiger partial charge in [0.1, 0.15) is 17.7 Å². The molecular weight excluding hydrogens is 443 g/mol. The Morgan fingerprint density at radius 3 is 2.24 bits per heavy atom.